The van der Waals surface area contributed by atoms with Crippen LogP contribution in [0, 0.1) is 16.7 Å². The maximum atomic E-state index is 12.1. The Morgan fingerprint density at radius 3 is 2.60 bits per heavy atom. The Morgan fingerprint density at radius 1 is 1.47 bits per heavy atom. The Balaban J connectivity index is 2.05. The number of nitrogens with zero attached hydrogens (tertiary/aromatic N) is 3. The number of carbonyl (C=O) groups excluding carboxylic acids is 1. The minimum Gasteiger partial charge on any atom is -0.336 e. The number of likely N-dealkylation sites (N-methyl/N-ethyl adjacent to an activating group) is 1. The molecule has 2 rings (SSSR count). The van der Waals surface area contributed by atoms with Gasteiger partial charge in [0.05, 0.1) is 6.07 Å². The van der Waals surface area contributed by atoms with E-state index in [0.717, 1.165) is 32.5 Å². The smallest absolute Gasteiger partial charge is 0.243 e. The third kappa shape index (κ3) is 1.72. The normalized spacial score (nSPS) is 29.7. The van der Waals surface area contributed by atoms with Crippen molar-refractivity contribution in [2.24, 2.45) is 5.41 Å². The summed E-state index contributed by atoms with van der Waals surface area (Å²) in [6.45, 7) is 4.64. The summed E-state index contributed by atoms with van der Waals surface area (Å²) < 4.78 is 0. The summed E-state index contributed by atoms with van der Waals surface area (Å²) >= 11 is 0. The molecule has 0 radical (unpaired) electrons. The van der Waals surface area contributed by atoms with Gasteiger partial charge in [-0.2, -0.15) is 5.26 Å². The Kier molecular flexibility index (Phi) is 2.43. The number of hydrogen-bond donors (Lipinski definition) is 0. The van der Waals surface area contributed by atoms with Gasteiger partial charge in [-0.1, -0.05) is 0 Å². The molecule has 15 heavy (non-hydrogen) atoms. The lowest BCUT2D eigenvalue weighted by Crippen LogP contribution is -2.54. The summed E-state index contributed by atoms with van der Waals surface area (Å²) in [5.74, 6) is 0.0607. The van der Waals surface area contributed by atoms with Crippen molar-refractivity contribution < 1.29 is 4.79 Å². The second-order valence-corrected chi connectivity index (χ2v) is 4.80. The van der Waals surface area contributed by atoms with Gasteiger partial charge in [0.15, 0.2) is 0 Å². The highest BCUT2D eigenvalue weighted by Gasteiger charge is 2.53. The molecular formula is C11H17N3O. The summed E-state index contributed by atoms with van der Waals surface area (Å²) in [6.07, 6.45) is 1.50. The Bertz CT molecular complexity index is 316. The van der Waals surface area contributed by atoms with E-state index in [4.69, 9.17) is 5.26 Å². The lowest BCUT2D eigenvalue weighted by Gasteiger charge is -2.39. The van der Waals surface area contributed by atoms with Crippen molar-refractivity contribution in [1.82, 2.24) is 9.80 Å². The Morgan fingerprint density at radius 2 is 2.13 bits per heavy atom. The quantitative estimate of drug-likeness (QED) is 0.627. The van der Waals surface area contributed by atoms with Crippen LogP contribution in [0.5, 0.6) is 0 Å². The minimum absolute atomic E-state index is 0.0607. The van der Waals surface area contributed by atoms with Crippen molar-refractivity contribution in [1.29, 1.82) is 5.26 Å². The molecule has 0 spiro atoms. The van der Waals surface area contributed by atoms with E-state index in [0.29, 0.717) is 0 Å². The number of nitriles is 1. The number of carbonyl (C=O) groups is 1. The van der Waals surface area contributed by atoms with Gasteiger partial charge in [0.1, 0.15) is 5.41 Å². The molecule has 4 heteroatoms. The molecule has 1 heterocycles. The molecule has 0 bridgehead atoms. The van der Waals surface area contributed by atoms with Crippen LogP contribution < -0.4 is 0 Å². The number of amides is 1. The zero-order valence-electron chi connectivity index (χ0n) is 9.36. The van der Waals surface area contributed by atoms with Crippen molar-refractivity contribution >= 4 is 5.91 Å². The number of piperazine rings is 1. The van der Waals surface area contributed by atoms with E-state index in [-0.39, 0.29) is 11.9 Å². The van der Waals surface area contributed by atoms with Gasteiger partial charge in [0.2, 0.25) is 5.91 Å². The second-order valence-electron chi connectivity index (χ2n) is 4.80. The third-order valence-corrected chi connectivity index (χ3v) is 3.46. The Labute approximate surface area is 90.5 Å². The molecule has 1 saturated heterocycles. The summed E-state index contributed by atoms with van der Waals surface area (Å²) in [5.41, 5.74) is -0.649. The van der Waals surface area contributed by atoms with E-state index < -0.39 is 5.41 Å². The number of rotatable bonds is 1. The molecule has 0 aromatic heterocycles. The van der Waals surface area contributed by atoms with E-state index in [9.17, 15) is 4.79 Å². The Hall–Kier alpha value is -1.08. The van der Waals surface area contributed by atoms with Crippen molar-refractivity contribution in [2.75, 3.05) is 26.7 Å². The molecule has 1 amide bonds. The maximum absolute atomic E-state index is 12.1. The molecule has 1 aliphatic carbocycles. The van der Waals surface area contributed by atoms with Crippen LogP contribution in [-0.4, -0.2) is 48.4 Å². The molecule has 4 nitrogen and oxygen atoms in total. The average Bonchev–Trinajstić information content (AvgIpc) is 2.97. The van der Waals surface area contributed by atoms with Crippen LogP contribution >= 0.6 is 0 Å². The van der Waals surface area contributed by atoms with Gasteiger partial charge in [-0.15, -0.1) is 0 Å². The van der Waals surface area contributed by atoms with Crippen molar-refractivity contribution in [3.63, 3.8) is 0 Å². The molecule has 1 atom stereocenters. The first-order valence-corrected chi connectivity index (χ1v) is 5.50. The van der Waals surface area contributed by atoms with Gasteiger partial charge in [0.25, 0.3) is 0 Å². The van der Waals surface area contributed by atoms with Crippen LogP contribution in [0.2, 0.25) is 0 Å². The van der Waals surface area contributed by atoms with Gasteiger partial charge >= 0.3 is 0 Å². The molecule has 0 N–H and O–H groups in total. The first-order chi connectivity index (χ1) is 7.09. The van der Waals surface area contributed by atoms with Gasteiger partial charge in [-0.25, -0.2) is 0 Å². The molecular weight excluding hydrogens is 190 g/mol. The minimum atomic E-state index is -0.649. The zero-order valence-corrected chi connectivity index (χ0v) is 9.36. The summed E-state index contributed by atoms with van der Waals surface area (Å²) in [5, 5.41) is 8.99. The van der Waals surface area contributed by atoms with Crippen LogP contribution in [0.15, 0.2) is 0 Å². The topological polar surface area (TPSA) is 47.3 Å². The fourth-order valence-electron chi connectivity index (χ4n) is 2.21. The van der Waals surface area contributed by atoms with E-state index in [1.54, 1.807) is 0 Å². The third-order valence-electron chi connectivity index (χ3n) is 3.46. The highest BCUT2D eigenvalue weighted by molar-refractivity contribution is 5.88. The molecule has 1 aliphatic heterocycles. The van der Waals surface area contributed by atoms with E-state index in [1.165, 1.54) is 0 Å². The summed E-state index contributed by atoms with van der Waals surface area (Å²) in [6, 6.07) is 2.41. The zero-order chi connectivity index (χ0) is 11.1. The van der Waals surface area contributed by atoms with E-state index in [1.807, 2.05) is 4.90 Å². The number of hydrogen-bond acceptors (Lipinski definition) is 3. The SMILES string of the molecule is CC1CN(C)CCN1C(=O)C1(C#N)CC1. The van der Waals surface area contributed by atoms with Crippen LogP contribution in [0.3, 0.4) is 0 Å². The van der Waals surface area contributed by atoms with Gasteiger partial charge < -0.3 is 9.80 Å². The van der Waals surface area contributed by atoms with Crippen LogP contribution in [-0.2, 0) is 4.79 Å². The molecule has 0 aromatic rings. The molecule has 2 fully saturated rings. The summed E-state index contributed by atoms with van der Waals surface area (Å²) in [7, 11) is 2.06. The second kappa shape index (κ2) is 3.49. The molecule has 1 saturated carbocycles. The average molecular weight is 207 g/mol. The largest absolute Gasteiger partial charge is 0.336 e. The lowest BCUT2D eigenvalue weighted by atomic mass is 10.0. The molecule has 0 aromatic carbocycles. The van der Waals surface area contributed by atoms with Gasteiger partial charge in [-0.05, 0) is 26.8 Å². The van der Waals surface area contributed by atoms with Crippen molar-refractivity contribution in [3.8, 4) is 6.07 Å². The fourth-order valence-corrected chi connectivity index (χ4v) is 2.21. The van der Waals surface area contributed by atoms with Crippen molar-refractivity contribution in [3.05, 3.63) is 0 Å². The lowest BCUT2D eigenvalue weighted by molar-refractivity contribution is -0.139. The monoisotopic (exact) mass is 207 g/mol. The first kappa shape index (κ1) is 10.4. The van der Waals surface area contributed by atoms with Crippen LogP contribution in [0.1, 0.15) is 19.8 Å². The van der Waals surface area contributed by atoms with Gasteiger partial charge in [-0.3, -0.25) is 4.79 Å². The molecule has 2 aliphatic rings. The van der Waals surface area contributed by atoms with Crippen molar-refractivity contribution in [2.45, 2.75) is 25.8 Å². The predicted molar refractivity (Wildman–Crippen MR) is 56.0 cm³/mol. The predicted octanol–water partition coefficient (Wildman–Crippen LogP) is 0.453. The summed E-state index contributed by atoms with van der Waals surface area (Å²) in [4.78, 5) is 16.2. The molecule has 82 valence electrons. The standard InChI is InChI=1S/C11H17N3O/c1-9-7-13(2)5-6-14(9)10(15)11(8-12)3-4-11/h9H,3-7H2,1-2H3. The first-order valence-electron chi connectivity index (χ1n) is 5.50. The highest BCUT2D eigenvalue weighted by atomic mass is 16.2. The maximum Gasteiger partial charge on any atom is 0.243 e. The molecule has 1 unspecified atom stereocenters. The van der Waals surface area contributed by atoms with Gasteiger partial charge in [0, 0.05) is 25.7 Å². The van der Waals surface area contributed by atoms with E-state index in [2.05, 4.69) is 24.9 Å². The fraction of sp³-hybridized carbons (Fsp3) is 0.818. The highest BCUT2D eigenvalue weighted by Crippen LogP contribution is 2.46. The van der Waals surface area contributed by atoms with E-state index >= 15 is 0 Å². The van der Waals surface area contributed by atoms with Crippen LogP contribution in [0.25, 0.3) is 0 Å². The van der Waals surface area contributed by atoms with Crippen LogP contribution in [0.4, 0.5) is 0 Å².